The second-order valence-corrected chi connectivity index (χ2v) is 6.14. The Balaban J connectivity index is 1.65. The summed E-state index contributed by atoms with van der Waals surface area (Å²) in [5.41, 5.74) is 1.11. The van der Waals surface area contributed by atoms with Gasteiger partial charge in [0.1, 0.15) is 0 Å². The van der Waals surface area contributed by atoms with E-state index in [2.05, 4.69) is 15.5 Å². The lowest BCUT2D eigenvalue weighted by Gasteiger charge is -2.32. The summed E-state index contributed by atoms with van der Waals surface area (Å²) in [6, 6.07) is 7.42. The van der Waals surface area contributed by atoms with E-state index < -0.39 is 0 Å². The molecule has 2 amide bonds. The minimum atomic E-state index is -0.167. The summed E-state index contributed by atoms with van der Waals surface area (Å²) >= 11 is 0. The molecule has 124 valence electrons. The second-order valence-electron chi connectivity index (χ2n) is 6.14. The van der Waals surface area contributed by atoms with Gasteiger partial charge in [-0.15, -0.1) is 0 Å². The van der Waals surface area contributed by atoms with Crippen LogP contribution in [-0.2, 0) is 0 Å². The molecule has 0 bridgehead atoms. The molecule has 23 heavy (non-hydrogen) atoms. The summed E-state index contributed by atoms with van der Waals surface area (Å²) in [7, 11) is 1.59. The van der Waals surface area contributed by atoms with E-state index in [1.807, 2.05) is 4.90 Å². The highest BCUT2D eigenvalue weighted by atomic mass is 16.2. The first-order valence-corrected chi connectivity index (χ1v) is 8.25. The Morgan fingerprint density at radius 2 is 1.91 bits per heavy atom. The van der Waals surface area contributed by atoms with Gasteiger partial charge >= 0.3 is 0 Å². The van der Waals surface area contributed by atoms with Crippen LogP contribution in [0, 0.1) is 0 Å². The maximum Gasteiger partial charge on any atom is 0.253 e. The Bertz CT molecular complexity index is 584. The molecule has 6 nitrogen and oxygen atoms in total. The zero-order chi connectivity index (χ0) is 16.2. The predicted octanol–water partition coefficient (Wildman–Crippen LogP) is 0.166. The number of nitrogens with one attached hydrogen (secondary N) is 2. The van der Waals surface area contributed by atoms with Crippen LogP contribution in [0.3, 0.4) is 0 Å². The number of hydrogen-bond donors (Lipinski definition) is 2. The first-order valence-electron chi connectivity index (χ1n) is 8.25. The van der Waals surface area contributed by atoms with Crippen LogP contribution < -0.4 is 10.6 Å². The van der Waals surface area contributed by atoms with Crippen molar-refractivity contribution >= 4 is 11.8 Å². The van der Waals surface area contributed by atoms with Gasteiger partial charge in [0.05, 0.1) is 0 Å². The Labute approximate surface area is 136 Å². The van der Waals surface area contributed by atoms with Crippen LogP contribution in [0.2, 0.25) is 0 Å². The third-order valence-electron chi connectivity index (χ3n) is 4.72. The van der Waals surface area contributed by atoms with E-state index in [0.29, 0.717) is 17.2 Å². The fraction of sp³-hybridized carbons (Fsp3) is 0.529. The molecule has 1 aromatic carbocycles. The van der Waals surface area contributed by atoms with Gasteiger partial charge < -0.3 is 15.5 Å². The molecule has 0 spiro atoms. The summed E-state index contributed by atoms with van der Waals surface area (Å²) < 4.78 is 0. The number of carbonyl (C=O) groups is 2. The highest BCUT2D eigenvalue weighted by molar-refractivity contribution is 5.99. The SMILES string of the molecule is CNC(=O)c1cccc(C(=O)N2CCC(N3CCNCC3)C2)c1. The van der Waals surface area contributed by atoms with Crippen molar-refractivity contribution in [2.45, 2.75) is 12.5 Å². The minimum absolute atomic E-state index is 0.0217. The number of rotatable bonds is 3. The number of carbonyl (C=O) groups excluding carboxylic acids is 2. The van der Waals surface area contributed by atoms with Gasteiger partial charge in [0.15, 0.2) is 0 Å². The highest BCUT2D eigenvalue weighted by Crippen LogP contribution is 2.19. The van der Waals surface area contributed by atoms with Gasteiger partial charge in [-0.1, -0.05) is 6.07 Å². The number of likely N-dealkylation sites (tertiary alicyclic amines) is 1. The molecule has 2 heterocycles. The number of nitrogens with zero attached hydrogens (tertiary/aromatic N) is 2. The maximum absolute atomic E-state index is 12.7. The van der Waals surface area contributed by atoms with Gasteiger partial charge in [0.2, 0.25) is 0 Å². The van der Waals surface area contributed by atoms with Crippen LogP contribution in [0.25, 0.3) is 0 Å². The zero-order valence-electron chi connectivity index (χ0n) is 13.5. The summed E-state index contributed by atoms with van der Waals surface area (Å²) in [6.07, 6.45) is 1.03. The average Bonchev–Trinajstić information content (AvgIpc) is 3.11. The molecule has 2 N–H and O–H groups in total. The third-order valence-corrected chi connectivity index (χ3v) is 4.72. The molecule has 2 aliphatic rings. The summed E-state index contributed by atoms with van der Waals surface area (Å²) in [5, 5.41) is 5.95. The lowest BCUT2D eigenvalue weighted by Crippen LogP contribution is -2.49. The molecule has 2 fully saturated rings. The highest BCUT2D eigenvalue weighted by Gasteiger charge is 2.31. The molecule has 3 rings (SSSR count). The molecule has 0 saturated carbocycles. The largest absolute Gasteiger partial charge is 0.355 e. The number of hydrogen-bond acceptors (Lipinski definition) is 4. The van der Waals surface area contributed by atoms with E-state index in [1.54, 1.807) is 31.3 Å². The fourth-order valence-corrected chi connectivity index (χ4v) is 3.39. The topological polar surface area (TPSA) is 64.7 Å². The van der Waals surface area contributed by atoms with Crippen LogP contribution in [-0.4, -0.2) is 74.0 Å². The molecule has 0 aliphatic carbocycles. The van der Waals surface area contributed by atoms with E-state index in [4.69, 9.17) is 0 Å². The van der Waals surface area contributed by atoms with Gasteiger partial charge in [-0.25, -0.2) is 0 Å². The molecule has 0 aromatic heterocycles. The molecule has 2 aliphatic heterocycles. The number of amides is 2. The fourth-order valence-electron chi connectivity index (χ4n) is 3.39. The Kier molecular flexibility index (Phi) is 4.93. The zero-order valence-corrected chi connectivity index (χ0v) is 13.5. The molecular weight excluding hydrogens is 292 g/mol. The van der Waals surface area contributed by atoms with Crippen molar-refractivity contribution in [2.24, 2.45) is 0 Å². The van der Waals surface area contributed by atoms with Crippen molar-refractivity contribution in [2.75, 3.05) is 46.3 Å². The van der Waals surface area contributed by atoms with Gasteiger partial charge in [-0.05, 0) is 24.6 Å². The number of benzene rings is 1. The molecule has 6 heteroatoms. The molecule has 0 radical (unpaired) electrons. The van der Waals surface area contributed by atoms with Crippen molar-refractivity contribution in [3.05, 3.63) is 35.4 Å². The molecule has 1 atom stereocenters. The van der Waals surface area contributed by atoms with Crippen molar-refractivity contribution in [3.63, 3.8) is 0 Å². The first-order chi connectivity index (χ1) is 11.2. The van der Waals surface area contributed by atoms with Crippen molar-refractivity contribution in [3.8, 4) is 0 Å². The third kappa shape index (κ3) is 3.54. The van der Waals surface area contributed by atoms with Crippen LogP contribution in [0.5, 0.6) is 0 Å². The lowest BCUT2D eigenvalue weighted by molar-refractivity contribution is 0.0773. The summed E-state index contributed by atoms with van der Waals surface area (Å²) in [4.78, 5) is 28.8. The van der Waals surface area contributed by atoms with Gasteiger partial charge in [0.25, 0.3) is 11.8 Å². The number of piperazine rings is 1. The van der Waals surface area contributed by atoms with Crippen LogP contribution in [0.4, 0.5) is 0 Å². The Morgan fingerprint density at radius 1 is 1.17 bits per heavy atom. The van der Waals surface area contributed by atoms with Gasteiger partial charge in [-0.3, -0.25) is 14.5 Å². The van der Waals surface area contributed by atoms with E-state index >= 15 is 0 Å². The molecule has 1 unspecified atom stereocenters. The quantitative estimate of drug-likeness (QED) is 0.834. The van der Waals surface area contributed by atoms with Gasteiger partial charge in [0, 0.05) is 63.5 Å². The normalized spacial score (nSPS) is 22.1. The maximum atomic E-state index is 12.7. The smallest absolute Gasteiger partial charge is 0.253 e. The monoisotopic (exact) mass is 316 g/mol. The van der Waals surface area contributed by atoms with Crippen LogP contribution >= 0.6 is 0 Å². The second kappa shape index (κ2) is 7.10. The summed E-state index contributed by atoms with van der Waals surface area (Å²) in [5.74, 6) is -0.145. The van der Waals surface area contributed by atoms with Crippen molar-refractivity contribution in [1.29, 1.82) is 0 Å². The van der Waals surface area contributed by atoms with E-state index in [0.717, 1.165) is 45.7 Å². The van der Waals surface area contributed by atoms with Crippen molar-refractivity contribution < 1.29 is 9.59 Å². The van der Waals surface area contributed by atoms with E-state index in [9.17, 15) is 9.59 Å². The van der Waals surface area contributed by atoms with E-state index in [1.165, 1.54) is 0 Å². The standard InChI is InChI=1S/C17H24N4O2/c1-18-16(22)13-3-2-4-14(11-13)17(23)21-8-5-15(12-21)20-9-6-19-7-10-20/h2-4,11,15,19H,5-10,12H2,1H3,(H,18,22). The Hall–Kier alpha value is -1.92. The summed E-state index contributed by atoms with van der Waals surface area (Å²) in [6.45, 7) is 5.73. The first kappa shape index (κ1) is 16.0. The molecule has 1 aromatic rings. The predicted molar refractivity (Wildman–Crippen MR) is 88.6 cm³/mol. The Morgan fingerprint density at radius 3 is 2.65 bits per heavy atom. The van der Waals surface area contributed by atoms with Crippen molar-refractivity contribution in [1.82, 2.24) is 20.4 Å². The van der Waals surface area contributed by atoms with Crippen LogP contribution in [0.1, 0.15) is 27.1 Å². The lowest BCUT2D eigenvalue weighted by atomic mass is 10.1. The molecular formula is C17H24N4O2. The van der Waals surface area contributed by atoms with Gasteiger partial charge in [-0.2, -0.15) is 0 Å². The van der Waals surface area contributed by atoms with Crippen LogP contribution in [0.15, 0.2) is 24.3 Å². The van der Waals surface area contributed by atoms with E-state index in [-0.39, 0.29) is 11.8 Å². The average molecular weight is 316 g/mol. The molecule has 2 saturated heterocycles. The minimum Gasteiger partial charge on any atom is -0.355 e.